The molecule has 0 N–H and O–H groups in total. The van der Waals surface area contributed by atoms with Gasteiger partial charge in [0.05, 0.1) is 0 Å². The zero-order chi connectivity index (χ0) is 58.9. The number of fused-ring (bicyclic) bond motifs is 5. The highest BCUT2D eigenvalue weighted by Crippen LogP contribution is 2.53. The van der Waals surface area contributed by atoms with Crippen molar-refractivity contribution in [2.24, 2.45) is 0 Å². The molecule has 0 radical (unpaired) electrons. The van der Waals surface area contributed by atoms with Gasteiger partial charge >= 0.3 is 0 Å². The van der Waals surface area contributed by atoms with Crippen LogP contribution in [-0.4, -0.2) is 0 Å². The minimum absolute atomic E-state index is 0.0404. The van der Waals surface area contributed by atoms with Crippen LogP contribution in [0.2, 0.25) is 0 Å². The van der Waals surface area contributed by atoms with E-state index in [-0.39, 0.29) is 10.8 Å². The van der Waals surface area contributed by atoms with Gasteiger partial charge in [0.1, 0.15) is 22.7 Å². The van der Waals surface area contributed by atoms with Crippen LogP contribution in [0.15, 0.2) is 258 Å². The van der Waals surface area contributed by atoms with Crippen molar-refractivity contribution in [1.82, 2.24) is 0 Å². The van der Waals surface area contributed by atoms with Crippen molar-refractivity contribution in [3.63, 3.8) is 0 Å². The lowest BCUT2D eigenvalue weighted by Gasteiger charge is -2.27. The van der Waals surface area contributed by atoms with Crippen molar-refractivity contribution in [3.8, 4) is 56.0 Å². The van der Waals surface area contributed by atoms with Gasteiger partial charge < -0.3 is 18.6 Å². The fourth-order valence-electron chi connectivity index (χ4n) is 11.8. The van der Waals surface area contributed by atoms with Crippen molar-refractivity contribution in [2.45, 2.75) is 93.4 Å². The van der Waals surface area contributed by atoms with Crippen molar-refractivity contribution < 1.29 is 8.83 Å². The molecule has 0 amide bonds. The Morgan fingerprint density at radius 3 is 1.26 bits per heavy atom. The first-order chi connectivity index (χ1) is 40.7. The van der Waals surface area contributed by atoms with Gasteiger partial charge in [0.15, 0.2) is 0 Å². The zero-order valence-electron chi connectivity index (χ0n) is 50.6. The molecule has 12 aromatic rings. The largest absolute Gasteiger partial charge is 0.455 e. The van der Waals surface area contributed by atoms with Crippen molar-refractivity contribution in [3.05, 3.63) is 271 Å². The van der Waals surface area contributed by atoms with E-state index >= 15 is 0 Å². The Labute approximate surface area is 497 Å². The summed E-state index contributed by atoms with van der Waals surface area (Å²) in [6.45, 7) is 28.2. The molecule has 2 heterocycles. The van der Waals surface area contributed by atoms with Gasteiger partial charge in [0.25, 0.3) is 0 Å². The number of benzene rings is 10. The summed E-state index contributed by atoms with van der Waals surface area (Å²) in [5, 5.41) is 4.32. The van der Waals surface area contributed by atoms with Gasteiger partial charge in [0.2, 0.25) is 0 Å². The number of nitrogens with zero attached hydrogens (tertiary/aromatic N) is 2. The predicted octanol–water partition coefficient (Wildman–Crippen LogP) is 23.9. The van der Waals surface area contributed by atoms with E-state index in [1.807, 2.05) is 19.9 Å². The highest BCUT2D eigenvalue weighted by molar-refractivity contribution is 6.28. The van der Waals surface area contributed by atoms with E-state index in [4.69, 9.17) is 8.83 Å². The molecule has 418 valence electrons. The average molecular weight is 1100 g/mol. The number of hydrogen-bond donors (Lipinski definition) is 0. The normalized spacial score (nSPS) is 11.9. The Morgan fingerprint density at radius 2 is 0.833 bits per heavy atom. The number of aryl methyl sites for hydroxylation is 2. The van der Waals surface area contributed by atoms with Crippen LogP contribution < -0.4 is 9.80 Å². The summed E-state index contributed by atoms with van der Waals surface area (Å²) in [4.78, 5) is 4.61. The molecule has 0 fully saturated rings. The lowest BCUT2D eigenvalue weighted by molar-refractivity contribution is 0.590. The van der Waals surface area contributed by atoms with Gasteiger partial charge in [-0.3, -0.25) is 0 Å². The van der Waals surface area contributed by atoms with Crippen LogP contribution >= 0.6 is 0 Å². The van der Waals surface area contributed by atoms with Gasteiger partial charge in [-0.05, 0) is 184 Å². The van der Waals surface area contributed by atoms with E-state index in [1.54, 1.807) is 0 Å². The third-order valence-corrected chi connectivity index (χ3v) is 16.2. The van der Waals surface area contributed by atoms with Gasteiger partial charge in [-0.25, -0.2) is 0 Å². The van der Waals surface area contributed by atoms with Crippen LogP contribution in [0.25, 0.3) is 88.7 Å². The zero-order valence-corrected chi connectivity index (χ0v) is 50.6. The van der Waals surface area contributed by atoms with E-state index in [2.05, 4.69) is 309 Å². The second kappa shape index (κ2) is 23.5. The Morgan fingerprint density at radius 1 is 0.452 bits per heavy atom. The standard InChI is InChI=1S/C78H70N2O2.C2H6/c1-11-52-29-39-61(40-30-52)80(65-47-37-59(38-48-65)78(8,9)10)63-43-33-57(34-44-63)75-70(55-27-21-16-22-28-55)72-67-49-51(4)73-71(68(67)50-66(76(72)82-75)53-23-17-14-18-24-53)69(54-25-19-15-20-26-54)74(81-73)56-31-41-62(42-32-56)79(60(12-2)13-3)64-45-35-58(36-46-64)77(5,6)7;1-2/h12-50H,2,11H2,1,3-10H3;1-2H3/b60-13+;. The molecule has 10 aromatic carbocycles. The van der Waals surface area contributed by atoms with Crippen LogP contribution in [0, 0.1) is 6.92 Å². The summed E-state index contributed by atoms with van der Waals surface area (Å²) in [5.41, 5.74) is 21.4. The lowest BCUT2D eigenvalue weighted by atomic mass is 9.87. The van der Waals surface area contributed by atoms with Gasteiger partial charge in [-0.1, -0.05) is 202 Å². The molecule has 0 atom stereocenters. The number of allylic oxidation sites excluding steroid dienone is 2. The van der Waals surface area contributed by atoms with E-state index in [0.717, 1.165) is 135 Å². The third kappa shape index (κ3) is 10.7. The fourth-order valence-corrected chi connectivity index (χ4v) is 11.8. The first-order valence-corrected chi connectivity index (χ1v) is 29.8. The van der Waals surface area contributed by atoms with E-state index in [1.165, 1.54) is 16.7 Å². The Hall–Kier alpha value is -9.38. The molecule has 4 nitrogen and oxygen atoms in total. The number of furan rings is 2. The Kier molecular flexibility index (Phi) is 15.8. The molecule has 0 aliphatic carbocycles. The summed E-state index contributed by atoms with van der Waals surface area (Å²) >= 11 is 0. The minimum Gasteiger partial charge on any atom is -0.455 e. The molecule has 0 saturated heterocycles. The second-order valence-corrected chi connectivity index (χ2v) is 23.6. The number of anilines is 5. The molecule has 0 saturated carbocycles. The van der Waals surface area contributed by atoms with Crippen molar-refractivity contribution in [2.75, 3.05) is 9.80 Å². The third-order valence-electron chi connectivity index (χ3n) is 16.2. The van der Waals surface area contributed by atoms with Crippen LogP contribution in [0.1, 0.15) is 91.5 Å². The molecule has 0 aliphatic rings. The molecule has 0 unspecified atom stereocenters. The maximum atomic E-state index is 7.48. The highest BCUT2D eigenvalue weighted by Gasteiger charge is 2.29. The van der Waals surface area contributed by atoms with Crippen LogP contribution in [0.3, 0.4) is 0 Å². The molecule has 84 heavy (non-hydrogen) atoms. The Bertz CT molecular complexity index is 4290. The number of hydrogen-bond acceptors (Lipinski definition) is 4. The maximum Gasteiger partial charge on any atom is 0.143 e. The van der Waals surface area contributed by atoms with E-state index < -0.39 is 0 Å². The molecule has 0 bridgehead atoms. The SMILES string of the molecule is C=C/C(=C\C)N(c1ccc(-c2oc3c(C)cc4c(cc(-c5ccccc5)c5oc(-c6ccc(N(c7ccc(CC)cc7)c7ccc(C(C)(C)C)cc7)cc6)c(-c6ccccc6)c54)c3c2-c2ccccc2)cc1)c1ccc(C(C)(C)C)cc1.CC. The number of rotatable bonds is 13. The summed E-state index contributed by atoms with van der Waals surface area (Å²) in [6.07, 6.45) is 5.01. The topological polar surface area (TPSA) is 32.8 Å². The second-order valence-electron chi connectivity index (χ2n) is 23.6. The summed E-state index contributed by atoms with van der Waals surface area (Å²) < 4.78 is 14.8. The quantitative estimate of drug-likeness (QED) is 0.108. The first kappa shape index (κ1) is 56.5. The molecular formula is C80H76N2O2. The summed E-state index contributed by atoms with van der Waals surface area (Å²) in [7, 11) is 0. The highest BCUT2D eigenvalue weighted by atomic mass is 16.3. The van der Waals surface area contributed by atoms with Gasteiger partial charge in [-0.15, -0.1) is 0 Å². The molecule has 0 spiro atoms. The van der Waals surface area contributed by atoms with Crippen LogP contribution in [0.5, 0.6) is 0 Å². The average Bonchev–Trinajstić information content (AvgIpc) is 1.90. The van der Waals surface area contributed by atoms with Crippen LogP contribution in [0.4, 0.5) is 28.4 Å². The van der Waals surface area contributed by atoms with Gasteiger partial charge in [0, 0.05) is 72.7 Å². The molecule has 0 aliphatic heterocycles. The van der Waals surface area contributed by atoms with Gasteiger partial charge in [-0.2, -0.15) is 0 Å². The molecular weight excluding hydrogens is 1020 g/mol. The molecule has 12 rings (SSSR count). The van der Waals surface area contributed by atoms with E-state index in [0.29, 0.717) is 0 Å². The van der Waals surface area contributed by atoms with E-state index in [9.17, 15) is 0 Å². The van der Waals surface area contributed by atoms with Crippen molar-refractivity contribution >= 4 is 61.1 Å². The summed E-state index contributed by atoms with van der Waals surface area (Å²) in [5.74, 6) is 1.63. The first-order valence-electron chi connectivity index (χ1n) is 29.8. The molecule has 2 aromatic heterocycles. The lowest BCUT2D eigenvalue weighted by Crippen LogP contribution is -2.16. The monoisotopic (exact) mass is 1100 g/mol. The maximum absolute atomic E-state index is 7.48. The molecule has 4 heteroatoms. The predicted molar refractivity (Wildman–Crippen MR) is 361 cm³/mol. The van der Waals surface area contributed by atoms with Crippen molar-refractivity contribution in [1.29, 1.82) is 0 Å². The smallest absolute Gasteiger partial charge is 0.143 e. The minimum atomic E-state index is 0.0404. The Balaban J connectivity index is 0.00000364. The summed E-state index contributed by atoms with van der Waals surface area (Å²) in [6, 6.07) is 81.4. The fraction of sp³-hybridized carbons (Fsp3) is 0.175. The van der Waals surface area contributed by atoms with Crippen LogP contribution in [-0.2, 0) is 17.3 Å².